The summed E-state index contributed by atoms with van der Waals surface area (Å²) in [5.41, 5.74) is 1.24. The van der Waals surface area contributed by atoms with Crippen LogP contribution >= 0.6 is 0 Å². The molecule has 0 spiro atoms. The van der Waals surface area contributed by atoms with Crippen molar-refractivity contribution < 1.29 is 8.78 Å². The first-order chi connectivity index (χ1) is 8.72. The number of hydrogen-bond acceptors (Lipinski definition) is 1. The van der Waals surface area contributed by atoms with Gasteiger partial charge in [0.1, 0.15) is 11.9 Å². The highest BCUT2D eigenvalue weighted by Crippen LogP contribution is 2.27. The molecule has 0 saturated carbocycles. The molecule has 0 bridgehead atoms. The fourth-order valence-corrected chi connectivity index (χ4v) is 1.70. The monoisotopic (exact) mass is 241 g/mol. The Morgan fingerprint density at radius 2 is 1.44 bits per heavy atom. The van der Waals surface area contributed by atoms with E-state index < -0.39 is 11.6 Å². The molecule has 0 N–H and O–H groups in total. The lowest BCUT2D eigenvalue weighted by atomic mass is 9.97. The van der Waals surface area contributed by atoms with Gasteiger partial charge in [0.2, 0.25) is 5.83 Å². The van der Waals surface area contributed by atoms with Crippen LogP contribution in [-0.4, -0.2) is 0 Å². The molecule has 0 aliphatic carbocycles. The second-order valence-corrected chi connectivity index (χ2v) is 3.67. The molecule has 2 rings (SSSR count). The predicted molar refractivity (Wildman–Crippen MR) is 65.6 cm³/mol. The summed E-state index contributed by atoms with van der Waals surface area (Å²) in [5.74, 6) is -1.28. The molecule has 0 heterocycles. The Morgan fingerprint density at radius 1 is 0.889 bits per heavy atom. The Hall–Kier alpha value is -2.47. The SMILES string of the molecule is N#CC(F)=C(c1ccccc1)c1ccc(F)cc1. The van der Waals surface area contributed by atoms with Crippen LogP contribution in [0.2, 0.25) is 0 Å². The van der Waals surface area contributed by atoms with Gasteiger partial charge >= 0.3 is 0 Å². The van der Waals surface area contributed by atoms with Crippen LogP contribution in [0, 0.1) is 17.1 Å². The van der Waals surface area contributed by atoms with E-state index in [4.69, 9.17) is 5.26 Å². The summed E-state index contributed by atoms with van der Waals surface area (Å²) >= 11 is 0. The van der Waals surface area contributed by atoms with E-state index in [0.717, 1.165) is 0 Å². The van der Waals surface area contributed by atoms with Gasteiger partial charge in [-0.25, -0.2) is 4.39 Å². The Balaban J connectivity index is 2.60. The first-order valence-electron chi connectivity index (χ1n) is 5.33. The average Bonchev–Trinajstić information content (AvgIpc) is 2.42. The van der Waals surface area contributed by atoms with E-state index in [-0.39, 0.29) is 5.57 Å². The maximum absolute atomic E-state index is 13.7. The van der Waals surface area contributed by atoms with Crippen molar-refractivity contribution in [1.29, 1.82) is 5.26 Å². The third kappa shape index (κ3) is 2.44. The van der Waals surface area contributed by atoms with Crippen molar-refractivity contribution in [3.05, 3.63) is 77.4 Å². The molecule has 1 nitrogen and oxygen atoms in total. The quantitative estimate of drug-likeness (QED) is 0.727. The minimum Gasteiger partial charge on any atom is -0.207 e. The molecular weight excluding hydrogens is 232 g/mol. The van der Waals surface area contributed by atoms with Crippen LogP contribution in [0.5, 0.6) is 0 Å². The fraction of sp³-hybridized carbons (Fsp3) is 0. The highest BCUT2D eigenvalue weighted by Gasteiger charge is 2.11. The lowest BCUT2D eigenvalue weighted by molar-refractivity contribution is 0.627. The summed E-state index contributed by atoms with van der Waals surface area (Å²) in [4.78, 5) is 0. The third-order valence-electron chi connectivity index (χ3n) is 2.51. The van der Waals surface area contributed by atoms with E-state index in [2.05, 4.69) is 0 Å². The number of halogens is 2. The van der Waals surface area contributed by atoms with Crippen LogP contribution in [0.4, 0.5) is 8.78 Å². The Labute approximate surface area is 104 Å². The normalized spacial score (nSPS) is 11.6. The Kier molecular flexibility index (Phi) is 3.49. The number of nitriles is 1. The van der Waals surface area contributed by atoms with Gasteiger partial charge in [-0.1, -0.05) is 42.5 Å². The highest BCUT2D eigenvalue weighted by atomic mass is 19.1. The fourth-order valence-electron chi connectivity index (χ4n) is 1.70. The zero-order valence-corrected chi connectivity index (χ0v) is 9.40. The average molecular weight is 241 g/mol. The molecule has 0 aromatic heterocycles. The number of rotatable bonds is 2. The van der Waals surface area contributed by atoms with Crippen molar-refractivity contribution in [1.82, 2.24) is 0 Å². The van der Waals surface area contributed by atoms with Crippen molar-refractivity contribution >= 4 is 5.57 Å². The van der Waals surface area contributed by atoms with Crippen LogP contribution in [0.1, 0.15) is 11.1 Å². The standard InChI is InChI=1S/C15H9F2N/c16-13-8-6-12(7-9-13)15(14(17)10-18)11-4-2-1-3-5-11/h1-9H. The van der Waals surface area contributed by atoms with Gasteiger partial charge < -0.3 is 0 Å². The maximum Gasteiger partial charge on any atom is 0.208 e. The second kappa shape index (κ2) is 5.24. The third-order valence-corrected chi connectivity index (χ3v) is 2.51. The van der Waals surface area contributed by atoms with Gasteiger partial charge in [-0.05, 0) is 23.3 Å². The smallest absolute Gasteiger partial charge is 0.207 e. The van der Waals surface area contributed by atoms with E-state index >= 15 is 0 Å². The van der Waals surface area contributed by atoms with Gasteiger partial charge in [-0.15, -0.1) is 0 Å². The van der Waals surface area contributed by atoms with Crippen molar-refractivity contribution in [3.8, 4) is 6.07 Å². The molecule has 0 unspecified atom stereocenters. The first kappa shape index (κ1) is 12.0. The second-order valence-electron chi connectivity index (χ2n) is 3.67. The first-order valence-corrected chi connectivity index (χ1v) is 5.33. The van der Waals surface area contributed by atoms with Crippen LogP contribution in [0.15, 0.2) is 60.4 Å². The van der Waals surface area contributed by atoms with E-state index in [1.165, 1.54) is 30.3 Å². The van der Waals surface area contributed by atoms with Gasteiger partial charge in [0.15, 0.2) is 0 Å². The molecule has 3 heteroatoms. The summed E-state index contributed by atoms with van der Waals surface area (Å²) in [7, 11) is 0. The van der Waals surface area contributed by atoms with Gasteiger partial charge in [-0.3, -0.25) is 0 Å². The van der Waals surface area contributed by atoms with Crippen molar-refractivity contribution in [3.63, 3.8) is 0 Å². The minimum absolute atomic E-state index is 0.179. The number of hydrogen-bond donors (Lipinski definition) is 0. The molecule has 0 aliphatic rings. The maximum atomic E-state index is 13.7. The number of nitrogens with zero attached hydrogens (tertiary/aromatic N) is 1. The van der Waals surface area contributed by atoms with Crippen molar-refractivity contribution in [2.45, 2.75) is 0 Å². The number of benzene rings is 2. The lowest BCUT2D eigenvalue weighted by Gasteiger charge is -2.07. The predicted octanol–water partition coefficient (Wildman–Crippen LogP) is 4.08. The van der Waals surface area contributed by atoms with Crippen molar-refractivity contribution in [2.24, 2.45) is 0 Å². The summed E-state index contributed by atoms with van der Waals surface area (Å²) < 4.78 is 26.6. The summed E-state index contributed by atoms with van der Waals surface area (Å²) in [5, 5.41) is 8.73. The zero-order valence-electron chi connectivity index (χ0n) is 9.40. The molecular formula is C15H9F2N. The molecule has 2 aromatic carbocycles. The van der Waals surface area contributed by atoms with Gasteiger partial charge in [0.05, 0.1) is 0 Å². The molecule has 0 aliphatic heterocycles. The van der Waals surface area contributed by atoms with Crippen LogP contribution in [-0.2, 0) is 0 Å². The van der Waals surface area contributed by atoms with Gasteiger partial charge in [0, 0.05) is 5.57 Å². The van der Waals surface area contributed by atoms with Crippen molar-refractivity contribution in [2.75, 3.05) is 0 Å². The molecule has 0 atom stereocenters. The summed E-state index contributed by atoms with van der Waals surface area (Å²) in [6.45, 7) is 0. The Bertz CT molecular complexity index is 607. The molecule has 18 heavy (non-hydrogen) atoms. The Morgan fingerprint density at radius 3 is 2.00 bits per heavy atom. The number of allylic oxidation sites excluding steroid dienone is 1. The van der Waals surface area contributed by atoms with Gasteiger partial charge in [-0.2, -0.15) is 9.65 Å². The highest BCUT2D eigenvalue weighted by molar-refractivity contribution is 5.82. The minimum atomic E-state index is -0.882. The van der Waals surface area contributed by atoms with Crippen LogP contribution in [0.25, 0.3) is 5.57 Å². The summed E-state index contributed by atoms with van der Waals surface area (Å²) in [6, 6.07) is 15.6. The van der Waals surface area contributed by atoms with E-state index in [9.17, 15) is 8.78 Å². The van der Waals surface area contributed by atoms with Crippen LogP contribution < -0.4 is 0 Å². The topological polar surface area (TPSA) is 23.8 Å². The summed E-state index contributed by atoms with van der Waals surface area (Å²) in [6.07, 6.45) is 0. The van der Waals surface area contributed by atoms with Crippen LogP contribution in [0.3, 0.4) is 0 Å². The largest absolute Gasteiger partial charge is 0.208 e. The molecule has 0 amide bonds. The molecule has 0 fully saturated rings. The molecule has 0 saturated heterocycles. The van der Waals surface area contributed by atoms with E-state index in [1.807, 2.05) is 0 Å². The van der Waals surface area contributed by atoms with E-state index in [0.29, 0.717) is 11.1 Å². The molecule has 88 valence electrons. The van der Waals surface area contributed by atoms with E-state index in [1.54, 1.807) is 30.3 Å². The molecule has 2 aromatic rings. The van der Waals surface area contributed by atoms with Gasteiger partial charge in [0.25, 0.3) is 0 Å². The molecule has 0 radical (unpaired) electrons. The zero-order chi connectivity index (χ0) is 13.0. The lowest BCUT2D eigenvalue weighted by Crippen LogP contribution is -1.91.